The zero-order valence-electron chi connectivity index (χ0n) is 6.77. The lowest BCUT2D eigenvalue weighted by atomic mass is 10.1. The molecule has 1 aromatic rings. The first-order valence-corrected chi connectivity index (χ1v) is 3.90. The number of nitriles is 2. The van der Waals surface area contributed by atoms with Gasteiger partial charge in [-0.2, -0.15) is 10.5 Å². The summed E-state index contributed by atoms with van der Waals surface area (Å²) in [6.45, 7) is 0. The van der Waals surface area contributed by atoms with E-state index in [4.69, 9.17) is 15.3 Å². The van der Waals surface area contributed by atoms with Crippen molar-refractivity contribution >= 4 is 0 Å². The molecule has 2 atom stereocenters. The van der Waals surface area contributed by atoms with Gasteiger partial charge in [-0.1, -0.05) is 12.1 Å². The molecule has 0 saturated carbocycles. The topological polar surface area (TPSA) is 60.1 Å². The molecule has 0 aromatic heterocycles. The van der Waals surface area contributed by atoms with Gasteiger partial charge in [-0.3, -0.25) is 0 Å². The fourth-order valence-corrected chi connectivity index (χ4v) is 1.21. The molecule has 1 aliphatic rings. The van der Waals surface area contributed by atoms with E-state index in [0.29, 0.717) is 5.56 Å². The predicted molar refractivity (Wildman–Crippen MR) is 44.4 cm³/mol. The standard InChI is InChI=1S/C10H6N2O/c11-5-7-1-3-8(4-2-7)10-9(6-12)13-10/h1-4,9-10H/t9-,10-/m1/s1. The molecule has 1 aliphatic heterocycles. The summed E-state index contributed by atoms with van der Waals surface area (Å²) in [6, 6.07) is 11.2. The van der Waals surface area contributed by atoms with Crippen LogP contribution in [0, 0.1) is 22.7 Å². The van der Waals surface area contributed by atoms with E-state index in [2.05, 4.69) is 0 Å². The first-order chi connectivity index (χ1) is 6.35. The Hall–Kier alpha value is -1.84. The van der Waals surface area contributed by atoms with Crippen molar-refractivity contribution < 1.29 is 4.74 Å². The highest BCUT2D eigenvalue weighted by Crippen LogP contribution is 2.37. The molecule has 1 fully saturated rings. The van der Waals surface area contributed by atoms with E-state index in [0.717, 1.165) is 5.56 Å². The molecule has 0 N–H and O–H groups in total. The Morgan fingerprint density at radius 2 is 1.85 bits per heavy atom. The maximum Gasteiger partial charge on any atom is 0.175 e. The van der Waals surface area contributed by atoms with Crippen molar-refractivity contribution in [3.63, 3.8) is 0 Å². The lowest BCUT2D eigenvalue weighted by Gasteiger charge is -1.93. The molecule has 0 aliphatic carbocycles. The lowest BCUT2D eigenvalue weighted by molar-refractivity contribution is 0.396. The minimum absolute atomic E-state index is 0.0854. The number of hydrogen-bond acceptors (Lipinski definition) is 3. The first kappa shape index (κ1) is 7.79. The minimum Gasteiger partial charge on any atom is -0.348 e. The van der Waals surface area contributed by atoms with Gasteiger partial charge in [0.2, 0.25) is 0 Å². The molecule has 0 radical (unpaired) electrons. The van der Waals surface area contributed by atoms with Crippen LogP contribution >= 0.6 is 0 Å². The van der Waals surface area contributed by atoms with Crippen molar-refractivity contribution in [2.24, 2.45) is 0 Å². The normalized spacial score (nSPS) is 24.5. The third-order valence-electron chi connectivity index (χ3n) is 1.99. The van der Waals surface area contributed by atoms with Crippen LogP contribution in [-0.4, -0.2) is 6.10 Å². The van der Waals surface area contributed by atoms with Gasteiger partial charge in [0.1, 0.15) is 6.10 Å². The third kappa shape index (κ3) is 1.38. The SMILES string of the molecule is N#Cc1ccc([C@H]2O[C@@H]2C#N)cc1. The monoisotopic (exact) mass is 170 g/mol. The Balaban J connectivity index is 2.18. The molecule has 0 bridgehead atoms. The van der Waals surface area contributed by atoms with Crippen molar-refractivity contribution in [2.75, 3.05) is 0 Å². The fraction of sp³-hybridized carbons (Fsp3) is 0.200. The molecule has 13 heavy (non-hydrogen) atoms. The van der Waals surface area contributed by atoms with Crippen LogP contribution in [0.1, 0.15) is 17.2 Å². The summed E-state index contributed by atoms with van der Waals surface area (Å²) in [5.41, 5.74) is 1.59. The second-order valence-electron chi connectivity index (χ2n) is 2.84. The molecular weight excluding hydrogens is 164 g/mol. The van der Waals surface area contributed by atoms with Crippen molar-refractivity contribution in [1.29, 1.82) is 10.5 Å². The lowest BCUT2D eigenvalue weighted by Crippen LogP contribution is -1.84. The number of nitrogens with zero attached hydrogens (tertiary/aromatic N) is 2. The summed E-state index contributed by atoms with van der Waals surface area (Å²) in [6.07, 6.45) is -0.384. The zero-order valence-corrected chi connectivity index (χ0v) is 6.77. The van der Waals surface area contributed by atoms with Crippen LogP contribution in [0.4, 0.5) is 0 Å². The van der Waals surface area contributed by atoms with Crippen molar-refractivity contribution in [2.45, 2.75) is 12.2 Å². The summed E-state index contributed by atoms with van der Waals surface area (Å²) in [4.78, 5) is 0. The molecule has 2 rings (SSSR count). The number of hydrogen-bond donors (Lipinski definition) is 0. The van der Waals surface area contributed by atoms with Crippen LogP contribution in [0.5, 0.6) is 0 Å². The average molecular weight is 170 g/mol. The summed E-state index contributed by atoms with van der Waals surface area (Å²) in [5.74, 6) is 0. The van der Waals surface area contributed by atoms with E-state index >= 15 is 0 Å². The average Bonchev–Trinajstić information content (AvgIpc) is 2.97. The summed E-state index contributed by atoms with van der Waals surface area (Å²) < 4.78 is 5.08. The first-order valence-electron chi connectivity index (χ1n) is 3.90. The van der Waals surface area contributed by atoms with Gasteiger partial charge in [-0.15, -0.1) is 0 Å². The van der Waals surface area contributed by atoms with Crippen molar-refractivity contribution in [1.82, 2.24) is 0 Å². The highest BCUT2D eigenvalue weighted by atomic mass is 16.6. The second kappa shape index (κ2) is 2.90. The quantitative estimate of drug-likeness (QED) is 0.600. The summed E-state index contributed by atoms with van der Waals surface area (Å²) in [7, 11) is 0. The van der Waals surface area contributed by atoms with Gasteiger partial charge in [-0.25, -0.2) is 0 Å². The maximum absolute atomic E-state index is 8.55. The zero-order chi connectivity index (χ0) is 9.26. The van der Waals surface area contributed by atoms with Gasteiger partial charge in [0.15, 0.2) is 6.10 Å². The van der Waals surface area contributed by atoms with Gasteiger partial charge in [0.25, 0.3) is 0 Å². The van der Waals surface area contributed by atoms with E-state index in [9.17, 15) is 0 Å². The van der Waals surface area contributed by atoms with Crippen LogP contribution in [0.15, 0.2) is 24.3 Å². The Morgan fingerprint density at radius 1 is 1.15 bits per heavy atom. The maximum atomic E-state index is 8.55. The number of benzene rings is 1. The van der Waals surface area contributed by atoms with E-state index < -0.39 is 0 Å². The van der Waals surface area contributed by atoms with Crippen LogP contribution < -0.4 is 0 Å². The fourth-order valence-electron chi connectivity index (χ4n) is 1.21. The summed E-state index contributed by atoms with van der Waals surface area (Å²) in [5, 5.41) is 17.1. The van der Waals surface area contributed by atoms with Gasteiger partial charge in [0, 0.05) is 0 Å². The number of epoxide rings is 1. The summed E-state index contributed by atoms with van der Waals surface area (Å²) >= 11 is 0. The molecule has 1 saturated heterocycles. The van der Waals surface area contributed by atoms with Crippen molar-refractivity contribution in [3.8, 4) is 12.1 Å². The van der Waals surface area contributed by atoms with Gasteiger partial charge in [-0.05, 0) is 17.7 Å². The molecule has 3 heteroatoms. The van der Waals surface area contributed by atoms with Crippen molar-refractivity contribution in [3.05, 3.63) is 35.4 Å². The number of rotatable bonds is 1. The van der Waals surface area contributed by atoms with E-state index in [1.807, 2.05) is 24.3 Å². The molecule has 3 nitrogen and oxygen atoms in total. The number of ether oxygens (including phenoxy) is 1. The third-order valence-corrected chi connectivity index (χ3v) is 1.99. The highest BCUT2D eigenvalue weighted by Gasteiger charge is 2.40. The molecular formula is C10H6N2O. The van der Waals surface area contributed by atoms with E-state index in [1.165, 1.54) is 0 Å². The van der Waals surface area contributed by atoms with Gasteiger partial charge >= 0.3 is 0 Å². The highest BCUT2D eigenvalue weighted by molar-refractivity contribution is 5.34. The Bertz CT molecular complexity index is 396. The van der Waals surface area contributed by atoms with Crippen LogP contribution in [0.3, 0.4) is 0 Å². The van der Waals surface area contributed by atoms with Crippen LogP contribution in [0.25, 0.3) is 0 Å². The molecule has 0 spiro atoms. The molecule has 62 valence electrons. The largest absolute Gasteiger partial charge is 0.348 e. The Kier molecular flexibility index (Phi) is 1.73. The molecule has 0 amide bonds. The second-order valence-corrected chi connectivity index (χ2v) is 2.84. The van der Waals surface area contributed by atoms with Gasteiger partial charge < -0.3 is 4.74 Å². The smallest absolute Gasteiger partial charge is 0.175 e. The van der Waals surface area contributed by atoms with Crippen LogP contribution in [-0.2, 0) is 4.74 Å². The predicted octanol–water partition coefficient (Wildman–Crippen LogP) is 1.52. The van der Waals surface area contributed by atoms with Crippen LogP contribution in [0.2, 0.25) is 0 Å². The molecule has 0 unspecified atom stereocenters. The minimum atomic E-state index is -0.298. The molecule has 1 heterocycles. The van der Waals surface area contributed by atoms with E-state index in [-0.39, 0.29) is 12.2 Å². The Morgan fingerprint density at radius 3 is 2.31 bits per heavy atom. The van der Waals surface area contributed by atoms with Gasteiger partial charge in [0.05, 0.1) is 17.7 Å². The molecule has 1 aromatic carbocycles. The van der Waals surface area contributed by atoms with E-state index in [1.54, 1.807) is 12.1 Å². The Labute approximate surface area is 75.8 Å².